The number of aliphatic hydroxyl groups is 1. The van der Waals surface area contributed by atoms with Gasteiger partial charge < -0.3 is 15.0 Å². The molecular weight excluding hydrogens is 300 g/mol. The number of hydrogen-bond donors (Lipinski definition) is 2. The van der Waals surface area contributed by atoms with Gasteiger partial charge in [0.05, 0.1) is 18.2 Å². The zero-order valence-electron chi connectivity index (χ0n) is 14.2. The fourth-order valence-electron chi connectivity index (χ4n) is 2.99. The standard InChI is InChI=1S/C19H24N4O/c1-3-7-16(13-24)22-19-18-17(20-14(2)21-19)10-11-23(18)12-15-8-5-4-6-9-15/h4-6,8-11,16,24H,3,7,12-13H2,1-2H3,(H,20,21,22)/t16-/m1/s1. The van der Waals surface area contributed by atoms with Crippen molar-refractivity contribution in [3.05, 3.63) is 54.0 Å². The van der Waals surface area contributed by atoms with E-state index in [4.69, 9.17) is 0 Å². The predicted molar refractivity (Wildman–Crippen MR) is 97.2 cm³/mol. The maximum absolute atomic E-state index is 9.60. The molecule has 3 rings (SSSR count). The third kappa shape index (κ3) is 3.57. The first-order valence-electron chi connectivity index (χ1n) is 8.46. The quantitative estimate of drug-likeness (QED) is 0.699. The van der Waals surface area contributed by atoms with Gasteiger partial charge in [0.15, 0.2) is 5.82 Å². The summed E-state index contributed by atoms with van der Waals surface area (Å²) in [5, 5.41) is 13.0. The van der Waals surface area contributed by atoms with Gasteiger partial charge in [0.1, 0.15) is 11.3 Å². The summed E-state index contributed by atoms with van der Waals surface area (Å²) in [6, 6.07) is 12.4. The monoisotopic (exact) mass is 324 g/mol. The van der Waals surface area contributed by atoms with Crippen LogP contribution in [-0.2, 0) is 6.54 Å². The van der Waals surface area contributed by atoms with Crippen molar-refractivity contribution in [1.29, 1.82) is 0 Å². The van der Waals surface area contributed by atoms with Crippen LogP contribution in [0.5, 0.6) is 0 Å². The molecule has 1 atom stereocenters. The molecule has 126 valence electrons. The van der Waals surface area contributed by atoms with Gasteiger partial charge >= 0.3 is 0 Å². The topological polar surface area (TPSA) is 63.0 Å². The third-order valence-electron chi connectivity index (χ3n) is 4.12. The highest BCUT2D eigenvalue weighted by molar-refractivity contribution is 5.86. The average Bonchev–Trinajstić information content (AvgIpc) is 2.98. The second kappa shape index (κ2) is 7.45. The molecule has 5 nitrogen and oxygen atoms in total. The average molecular weight is 324 g/mol. The van der Waals surface area contributed by atoms with Crippen molar-refractivity contribution in [2.24, 2.45) is 0 Å². The summed E-state index contributed by atoms with van der Waals surface area (Å²) in [4.78, 5) is 9.13. The summed E-state index contributed by atoms with van der Waals surface area (Å²) in [7, 11) is 0. The molecule has 0 aliphatic rings. The van der Waals surface area contributed by atoms with E-state index in [1.165, 1.54) is 5.56 Å². The number of nitrogens with one attached hydrogen (secondary N) is 1. The van der Waals surface area contributed by atoms with Crippen molar-refractivity contribution in [3.8, 4) is 0 Å². The number of anilines is 1. The highest BCUT2D eigenvalue weighted by Crippen LogP contribution is 2.24. The molecule has 5 heteroatoms. The SMILES string of the molecule is CCC[C@H](CO)Nc1nc(C)nc2ccn(Cc3ccccc3)c12. The van der Waals surface area contributed by atoms with Crippen molar-refractivity contribution in [3.63, 3.8) is 0 Å². The maximum atomic E-state index is 9.60. The number of rotatable bonds is 7. The Bertz CT molecular complexity index is 798. The fourth-order valence-corrected chi connectivity index (χ4v) is 2.99. The molecule has 0 radical (unpaired) electrons. The van der Waals surface area contributed by atoms with Crippen molar-refractivity contribution >= 4 is 16.9 Å². The van der Waals surface area contributed by atoms with Crippen LogP contribution in [0.1, 0.15) is 31.2 Å². The summed E-state index contributed by atoms with van der Waals surface area (Å²) < 4.78 is 2.16. The van der Waals surface area contributed by atoms with E-state index in [0.717, 1.165) is 42.1 Å². The van der Waals surface area contributed by atoms with E-state index in [-0.39, 0.29) is 12.6 Å². The molecule has 24 heavy (non-hydrogen) atoms. The Morgan fingerprint density at radius 3 is 2.67 bits per heavy atom. The van der Waals surface area contributed by atoms with Gasteiger partial charge in [0, 0.05) is 12.7 Å². The summed E-state index contributed by atoms with van der Waals surface area (Å²) in [5.41, 5.74) is 3.14. The molecule has 0 unspecified atom stereocenters. The number of aromatic nitrogens is 3. The van der Waals surface area contributed by atoms with Crippen molar-refractivity contribution in [2.75, 3.05) is 11.9 Å². The maximum Gasteiger partial charge on any atom is 0.154 e. The van der Waals surface area contributed by atoms with Crippen LogP contribution < -0.4 is 5.32 Å². The Labute approximate surface area is 142 Å². The largest absolute Gasteiger partial charge is 0.394 e. The van der Waals surface area contributed by atoms with E-state index < -0.39 is 0 Å². The van der Waals surface area contributed by atoms with E-state index in [1.54, 1.807) is 0 Å². The smallest absolute Gasteiger partial charge is 0.154 e. The van der Waals surface area contributed by atoms with E-state index in [0.29, 0.717) is 0 Å². The molecule has 2 heterocycles. The van der Waals surface area contributed by atoms with Gasteiger partial charge in [-0.15, -0.1) is 0 Å². The van der Waals surface area contributed by atoms with Crippen molar-refractivity contribution < 1.29 is 5.11 Å². The molecule has 0 spiro atoms. The van der Waals surface area contributed by atoms with Crippen LogP contribution in [0.3, 0.4) is 0 Å². The highest BCUT2D eigenvalue weighted by Gasteiger charge is 2.14. The number of aliphatic hydroxyl groups excluding tert-OH is 1. The lowest BCUT2D eigenvalue weighted by atomic mass is 10.2. The minimum atomic E-state index is 0.00701. The number of fused-ring (bicyclic) bond motifs is 1. The highest BCUT2D eigenvalue weighted by atomic mass is 16.3. The molecule has 0 fully saturated rings. The first kappa shape index (κ1) is 16.5. The molecule has 2 N–H and O–H groups in total. The Morgan fingerprint density at radius 2 is 1.96 bits per heavy atom. The number of aryl methyl sites for hydroxylation is 1. The van der Waals surface area contributed by atoms with Gasteiger partial charge in [-0.05, 0) is 25.0 Å². The number of hydrogen-bond acceptors (Lipinski definition) is 4. The van der Waals surface area contributed by atoms with Gasteiger partial charge in [0.25, 0.3) is 0 Å². The van der Waals surface area contributed by atoms with Crippen LogP contribution in [0.25, 0.3) is 11.0 Å². The number of nitrogens with zero attached hydrogens (tertiary/aromatic N) is 3. The predicted octanol–water partition coefficient (Wildman–Crippen LogP) is 3.36. The minimum Gasteiger partial charge on any atom is -0.394 e. The zero-order valence-corrected chi connectivity index (χ0v) is 14.2. The lowest BCUT2D eigenvalue weighted by Crippen LogP contribution is -2.24. The lowest BCUT2D eigenvalue weighted by Gasteiger charge is -2.18. The minimum absolute atomic E-state index is 0.00701. The number of benzene rings is 1. The van der Waals surface area contributed by atoms with Crippen LogP contribution >= 0.6 is 0 Å². The van der Waals surface area contributed by atoms with Gasteiger partial charge in [-0.2, -0.15) is 0 Å². The molecule has 1 aromatic carbocycles. The van der Waals surface area contributed by atoms with E-state index in [1.807, 2.05) is 37.4 Å². The van der Waals surface area contributed by atoms with E-state index >= 15 is 0 Å². The molecule has 0 saturated heterocycles. The van der Waals surface area contributed by atoms with E-state index in [2.05, 4.69) is 38.9 Å². The lowest BCUT2D eigenvalue weighted by molar-refractivity contribution is 0.268. The normalized spacial score (nSPS) is 12.5. The van der Waals surface area contributed by atoms with Crippen LogP contribution in [0.2, 0.25) is 0 Å². The molecule has 0 bridgehead atoms. The Hall–Kier alpha value is -2.40. The Kier molecular flexibility index (Phi) is 5.11. The summed E-state index contributed by atoms with van der Waals surface area (Å²) in [5.74, 6) is 1.53. The molecule has 0 saturated carbocycles. The Morgan fingerprint density at radius 1 is 1.17 bits per heavy atom. The second-order valence-corrected chi connectivity index (χ2v) is 6.10. The van der Waals surface area contributed by atoms with Crippen molar-refractivity contribution in [2.45, 2.75) is 39.3 Å². The summed E-state index contributed by atoms with van der Waals surface area (Å²) in [6.45, 7) is 4.87. The Balaban J connectivity index is 1.99. The molecule has 2 aromatic heterocycles. The van der Waals surface area contributed by atoms with Crippen LogP contribution in [-0.4, -0.2) is 32.3 Å². The molecule has 0 aliphatic heterocycles. The first-order valence-corrected chi connectivity index (χ1v) is 8.46. The van der Waals surface area contributed by atoms with Crippen LogP contribution in [0.15, 0.2) is 42.6 Å². The third-order valence-corrected chi connectivity index (χ3v) is 4.12. The zero-order chi connectivity index (χ0) is 16.9. The van der Waals surface area contributed by atoms with Crippen LogP contribution in [0.4, 0.5) is 5.82 Å². The van der Waals surface area contributed by atoms with Gasteiger partial charge in [0.2, 0.25) is 0 Å². The summed E-state index contributed by atoms with van der Waals surface area (Å²) >= 11 is 0. The molecular formula is C19H24N4O. The summed E-state index contributed by atoms with van der Waals surface area (Å²) in [6.07, 6.45) is 3.96. The fraction of sp³-hybridized carbons (Fsp3) is 0.368. The van der Waals surface area contributed by atoms with Gasteiger partial charge in [-0.1, -0.05) is 43.7 Å². The van der Waals surface area contributed by atoms with Crippen LogP contribution in [0, 0.1) is 6.92 Å². The molecule has 0 aliphatic carbocycles. The molecule has 3 aromatic rings. The second-order valence-electron chi connectivity index (χ2n) is 6.10. The van der Waals surface area contributed by atoms with Gasteiger partial charge in [-0.3, -0.25) is 0 Å². The molecule has 0 amide bonds. The van der Waals surface area contributed by atoms with E-state index in [9.17, 15) is 5.11 Å². The van der Waals surface area contributed by atoms with Crippen molar-refractivity contribution in [1.82, 2.24) is 14.5 Å². The first-order chi connectivity index (χ1) is 11.7. The van der Waals surface area contributed by atoms with Gasteiger partial charge in [-0.25, -0.2) is 9.97 Å².